The molecule has 0 saturated heterocycles. The summed E-state index contributed by atoms with van der Waals surface area (Å²) in [4.78, 5) is 2.30. The molecule has 0 aliphatic carbocycles. The van der Waals surface area contributed by atoms with Gasteiger partial charge in [0.25, 0.3) is 0 Å². The Hall–Kier alpha value is -2.22. The average Bonchev–Trinajstić information content (AvgIpc) is 2.85. The predicted molar refractivity (Wildman–Crippen MR) is 114 cm³/mol. The Labute approximate surface area is 159 Å². The number of hydrogen-bond donors (Lipinski definition) is 0. The lowest BCUT2D eigenvalue weighted by molar-refractivity contribution is 0.0464. The van der Waals surface area contributed by atoms with Gasteiger partial charge in [0.2, 0.25) is 5.72 Å². The minimum Gasteiger partial charge on any atom is -0.462 e. The molecule has 140 valence electrons. The highest BCUT2D eigenvalue weighted by Crippen LogP contribution is 2.56. The van der Waals surface area contributed by atoms with E-state index >= 15 is 0 Å². The van der Waals surface area contributed by atoms with Crippen LogP contribution in [0, 0.1) is 0 Å². The Morgan fingerprint density at radius 3 is 2.08 bits per heavy atom. The Morgan fingerprint density at radius 2 is 1.42 bits per heavy atom. The normalized spacial score (nSPS) is 21.2. The van der Waals surface area contributed by atoms with Crippen LogP contribution < -0.4 is 9.64 Å². The molecule has 0 bridgehead atoms. The number of benzene rings is 2. The number of nitrogens with zero attached hydrogens (tertiary/aromatic N) is 1. The maximum atomic E-state index is 6.66. The van der Waals surface area contributed by atoms with Crippen LogP contribution >= 0.6 is 0 Å². The quantitative estimate of drug-likeness (QED) is 0.526. The summed E-state index contributed by atoms with van der Waals surface area (Å²) in [7, 11) is 2.14. The maximum absolute atomic E-state index is 6.66. The molecule has 0 saturated carbocycles. The first-order valence-corrected chi connectivity index (χ1v) is 9.78. The summed E-state index contributed by atoms with van der Waals surface area (Å²) >= 11 is 0. The van der Waals surface area contributed by atoms with Gasteiger partial charge in [0.05, 0.1) is 5.41 Å². The molecular formula is C24H33NO. The molecule has 0 radical (unpaired) electrons. The summed E-state index contributed by atoms with van der Waals surface area (Å²) in [5.74, 6) is 0.959. The van der Waals surface area contributed by atoms with E-state index in [0.717, 1.165) is 11.3 Å². The third-order valence-electron chi connectivity index (χ3n) is 5.34. The van der Waals surface area contributed by atoms with E-state index in [4.69, 9.17) is 4.74 Å². The highest BCUT2D eigenvalue weighted by molar-refractivity contribution is 5.74. The van der Waals surface area contributed by atoms with Gasteiger partial charge >= 0.3 is 0 Å². The van der Waals surface area contributed by atoms with Gasteiger partial charge in [0, 0.05) is 18.3 Å². The van der Waals surface area contributed by atoms with E-state index in [-0.39, 0.29) is 5.41 Å². The van der Waals surface area contributed by atoms with Gasteiger partial charge in [-0.05, 0) is 50.1 Å². The molecule has 1 spiro atoms. The Bertz CT molecular complexity index is 790. The first kappa shape index (κ1) is 20.1. The summed E-state index contributed by atoms with van der Waals surface area (Å²) in [6.45, 7) is 14.7. The first-order chi connectivity index (χ1) is 12.5. The van der Waals surface area contributed by atoms with Gasteiger partial charge in [0.15, 0.2) is 0 Å². The molecule has 2 aliphatic heterocycles. The predicted octanol–water partition coefficient (Wildman–Crippen LogP) is 6.66. The topological polar surface area (TPSA) is 12.5 Å². The van der Waals surface area contributed by atoms with Gasteiger partial charge in [-0.3, -0.25) is 0 Å². The zero-order valence-corrected chi connectivity index (χ0v) is 17.6. The first-order valence-electron chi connectivity index (χ1n) is 9.78. The second-order valence-corrected chi connectivity index (χ2v) is 6.81. The van der Waals surface area contributed by atoms with Crippen LogP contribution in [0.2, 0.25) is 0 Å². The number of rotatable bonds is 0. The molecule has 0 N–H and O–H groups in total. The van der Waals surface area contributed by atoms with Crippen LogP contribution in [0.15, 0.2) is 54.1 Å². The third-order valence-corrected chi connectivity index (χ3v) is 5.34. The standard InChI is InChI=1S/C20H21NO.2C2H6/c1-14-13-15-9-5-8-12-18(15)22-20(14)19(2,3)16-10-6-7-11-17(16)21(20)4;2*1-2/h5-13H,1-4H3;2*1-2H3. The molecule has 4 rings (SSSR count). The van der Waals surface area contributed by atoms with Crippen LogP contribution in [-0.2, 0) is 5.41 Å². The minimum atomic E-state index is -0.467. The molecule has 2 heterocycles. The Morgan fingerprint density at radius 1 is 0.846 bits per heavy atom. The highest BCUT2D eigenvalue weighted by atomic mass is 16.5. The fourth-order valence-electron chi connectivity index (χ4n) is 4.28. The van der Waals surface area contributed by atoms with Crippen LogP contribution in [0.3, 0.4) is 0 Å². The van der Waals surface area contributed by atoms with Gasteiger partial charge in [-0.25, -0.2) is 0 Å². The number of likely N-dealkylation sites (N-methyl/N-ethyl adjacent to an activating group) is 1. The van der Waals surface area contributed by atoms with Gasteiger partial charge in [0.1, 0.15) is 5.75 Å². The zero-order chi connectivity index (χ0) is 19.5. The van der Waals surface area contributed by atoms with Crippen molar-refractivity contribution < 1.29 is 4.74 Å². The SMILES string of the molecule is CC.CC.CC1=Cc2ccccc2OC12N(C)c1ccccc1C2(C)C. The van der Waals surface area contributed by atoms with Crippen molar-refractivity contribution >= 4 is 11.8 Å². The van der Waals surface area contributed by atoms with Crippen LogP contribution in [0.1, 0.15) is 59.6 Å². The van der Waals surface area contributed by atoms with E-state index < -0.39 is 5.72 Å². The second-order valence-electron chi connectivity index (χ2n) is 6.81. The highest BCUT2D eigenvalue weighted by Gasteiger charge is 2.60. The summed E-state index contributed by atoms with van der Waals surface area (Å²) in [5.41, 5.74) is 4.39. The number of fused-ring (bicyclic) bond motifs is 2. The minimum absolute atomic E-state index is 0.132. The average molecular weight is 352 g/mol. The van der Waals surface area contributed by atoms with E-state index in [1.165, 1.54) is 16.8 Å². The molecule has 2 aromatic rings. The smallest absolute Gasteiger partial charge is 0.214 e. The van der Waals surface area contributed by atoms with E-state index in [2.05, 4.69) is 81.3 Å². The van der Waals surface area contributed by atoms with E-state index in [9.17, 15) is 0 Å². The number of hydrogen-bond acceptors (Lipinski definition) is 2. The van der Waals surface area contributed by atoms with Crippen molar-refractivity contribution in [3.8, 4) is 5.75 Å². The molecule has 26 heavy (non-hydrogen) atoms. The van der Waals surface area contributed by atoms with E-state index in [0.29, 0.717) is 0 Å². The molecule has 2 aromatic carbocycles. The van der Waals surface area contributed by atoms with Crippen LogP contribution in [-0.4, -0.2) is 12.8 Å². The van der Waals surface area contributed by atoms with Crippen molar-refractivity contribution in [1.82, 2.24) is 0 Å². The van der Waals surface area contributed by atoms with Crippen LogP contribution in [0.4, 0.5) is 5.69 Å². The van der Waals surface area contributed by atoms with E-state index in [1.807, 2.05) is 33.8 Å². The molecule has 2 heteroatoms. The summed E-state index contributed by atoms with van der Waals surface area (Å²) < 4.78 is 6.66. The number of ether oxygens (including phenoxy) is 1. The van der Waals surface area contributed by atoms with E-state index in [1.54, 1.807) is 0 Å². The molecule has 0 amide bonds. The molecule has 1 unspecified atom stereocenters. The largest absolute Gasteiger partial charge is 0.462 e. The molecule has 1 atom stereocenters. The molecule has 0 fully saturated rings. The maximum Gasteiger partial charge on any atom is 0.214 e. The van der Waals surface area contributed by atoms with Crippen molar-refractivity contribution in [1.29, 1.82) is 0 Å². The summed E-state index contributed by atoms with van der Waals surface area (Å²) in [6, 6.07) is 16.9. The van der Waals surface area contributed by atoms with Gasteiger partial charge in [-0.1, -0.05) is 64.1 Å². The fourth-order valence-corrected chi connectivity index (χ4v) is 4.28. The van der Waals surface area contributed by atoms with Crippen LogP contribution in [0.5, 0.6) is 5.75 Å². The van der Waals surface area contributed by atoms with Crippen molar-refractivity contribution in [2.45, 2.75) is 59.6 Å². The number of anilines is 1. The van der Waals surface area contributed by atoms with Crippen molar-refractivity contribution in [2.24, 2.45) is 0 Å². The van der Waals surface area contributed by atoms with Gasteiger partial charge < -0.3 is 9.64 Å². The Balaban J connectivity index is 0.000000570. The lowest BCUT2D eigenvalue weighted by atomic mass is 9.73. The van der Waals surface area contributed by atoms with Gasteiger partial charge in [-0.2, -0.15) is 0 Å². The lowest BCUT2D eigenvalue weighted by Gasteiger charge is -2.48. The zero-order valence-electron chi connectivity index (χ0n) is 17.6. The number of para-hydroxylation sites is 2. The molecule has 0 aromatic heterocycles. The summed E-state index contributed by atoms with van der Waals surface area (Å²) in [6.07, 6.45) is 2.27. The second kappa shape index (κ2) is 7.57. The lowest BCUT2D eigenvalue weighted by Crippen LogP contribution is -2.60. The summed E-state index contributed by atoms with van der Waals surface area (Å²) in [5, 5.41) is 0. The molecule has 2 nitrogen and oxygen atoms in total. The third kappa shape index (κ3) is 2.63. The van der Waals surface area contributed by atoms with Crippen molar-refractivity contribution in [3.63, 3.8) is 0 Å². The monoisotopic (exact) mass is 351 g/mol. The van der Waals surface area contributed by atoms with Crippen LogP contribution in [0.25, 0.3) is 6.08 Å². The molecule has 2 aliphatic rings. The Kier molecular flexibility index (Phi) is 5.85. The van der Waals surface area contributed by atoms with Crippen molar-refractivity contribution in [2.75, 3.05) is 11.9 Å². The molecular weight excluding hydrogens is 318 g/mol. The fraction of sp³-hybridized carbons (Fsp3) is 0.417. The van der Waals surface area contributed by atoms with Crippen molar-refractivity contribution in [3.05, 3.63) is 65.2 Å². The van der Waals surface area contributed by atoms with Gasteiger partial charge in [-0.15, -0.1) is 0 Å².